The van der Waals surface area contributed by atoms with Crippen molar-refractivity contribution in [1.29, 1.82) is 0 Å². The van der Waals surface area contributed by atoms with Gasteiger partial charge in [0.05, 0.1) is 17.3 Å². The molecule has 1 aliphatic heterocycles. The SMILES string of the molecule is CCC(=O)N1CCN(c2nc(C(C)CC)nc3c2cnn3-c2ccccc2)CC1. The van der Waals surface area contributed by atoms with Crippen molar-refractivity contribution in [3.8, 4) is 5.69 Å². The number of benzene rings is 1. The van der Waals surface area contributed by atoms with Crippen LogP contribution < -0.4 is 4.90 Å². The lowest BCUT2D eigenvalue weighted by atomic mass is 10.1. The maximum Gasteiger partial charge on any atom is 0.222 e. The zero-order valence-electron chi connectivity index (χ0n) is 17.4. The van der Waals surface area contributed by atoms with Crippen molar-refractivity contribution in [2.75, 3.05) is 31.1 Å². The topological polar surface area (TPSA) is 67.2 Å². The largest absolute Gasteiger partial charge is 0.352 e. The second-order valence-electron chi connectivity index (χ2n) is 7.57. The van der Waals surface area contributed by atoms with Crippen molar-refractivity contribution in [2.45, 2.75) is 39.5 Å². The Morgan fingerprint density at radius 2 is 1.79 bits per heavy atom. The van der Waals surface area contributed by atoms with Crippen molar-refractivity contribution < 1.29 is 4.79 Å². The summed E-state index contributed by atoms with van der Waals surface area (Å²) in [6, 6.07) is 10.1. The average Bonchev–Trinajstić information content (AvgIpc) is 3.22. The zero-order valence-corrected chi connectivity index (χ0v) is 17.4. The lowest BCUT2D eigenvalue weighted by Crippen LogP contribution is -2.49. The van der Waals surface area contributed by atoms with Crippen LogP contribution >= 0.6 is 0 Å². The van der Waals surface area contributed by atoms with Gasteiger partial charge in [-0.3, -0.25) is 4.79 Å². The third-order valence-electron chi connectivity index (χ3n) is 5.71. The van der Waals surface area contributed by atoms with E-state index in [1.165, 1.54) is 0 Å². The summed E-state index contributed by atoms with van der Waals surface area (Å²) in [6.45, 7) is 9.22. The average molecular weight is 393 g/mol. The minimum absolute atomic E-state index is 0.217. The third-order valence-corrected chi connectivity index (χ3v) is 5.71. The van der Waals surface area contributed by atoms with Crippen LogP contribution in [0.25, 0.3) is 16.7 Å². The molecule has 0 radical (unpaired) electrons. The Hall–Kier alpha value is -2.96. The van der Waals surface area contributed by atoms with Crippen molar-refractivity contribution in [1.82, 2.24) is 24.6 Å². The summed E-state index contributed by atoms with van der Waals surface area (Å²) in [5.41, 5.74) is 1.82. The van der Waals surface area contributed by atoms with Gasteiger partial charge >= 0.3 is 0 Å². The van der Waals surface area contributed by atoms with Crippen LogP contribution in [0.2, 0.25) is 0 Å². The van der Waals surface area contributed by atoms with E-state index in [4.69, 9.17) is 9.97 Å². The smallest absolute Gasteiger partial charge is 0.222 e. The second kappa shape index (κ2) is 8.19. The Labute approximate surface area is 171 Å². The fourth-order valence-electron chi connectivity index (χ4n) is 3.70. The van der Waals surface area contributed by atoms with Crippen molar-refractivity contribution >= 4 is 22.8 Å². The predicted octanol–water partition coefficient (Wildman–Crippen LogP) is 3.39. The fourth-order valence-corrected chi connectivity index (χ4v) is 3.70. The van der Waals surface area contributed by atoms with E-state index < -0.39 is 0 Å². The van der Waals surface area contributed by atoms with Gasteiger partial charge in [0.2, 0.25) is 5.91 Å². The molecule has 4 rings (SSSR count). The Kier molecular flexibility index (Phi) is 5.47. The molecule has 0 spiro atoms. The molecule has 2 aromatic heterocycles. The molecule has 0 bridgehead atoms. The van der Waals surface area contributed by atoms with E-state index in [1.807, 2.05) is 53.0 Å². The van der Waals surface area contributed by atoms with E-state index in [9.17, 15) is 4.79 Å². The van der Waals surface area contributed by atoms with Crippen LogP contribution in [0.15, 0.2) is 36.5 Å². The molecule has 152 valence electrons. The van der Waals surface area contributed by atoms with Crippen LogP contribution in [-0.4, -0.2) is 56.7 Å². The summed E-state index contributed by atoms with van der Waals surface area (Å²) in [5, 5.41) is 5.58. The highest BCUT2D eigenvalue weighted by Crippen LogP contribution is 2.29. The standard InChI is InChI=1S/C22H28N6O/c1-4-16(3)20-24-21(27-13-11-26(12-14-27)19(29)5-2)18-15-23-28(22(18)25-20)17-9-7-6-8-10-17/h6-10,15-16H,4-5,11-14H2,1-3H3. The van der Waals surface area contributed by atoms with Gasteiger partial charge in [0.25, 0.3) is 0 Å². The first kappa shape index (κ1) is 19.4. The van der Waals surface area contributed by atoms with E-state index in [2.05, 4.69) is 23.8 Å². The number of anilines is 1. The molecule has 0 N–H and O–H groups in total. The molecule has 1 aromatic carbocycles. The van der Waals surface area contributed by atoms with Crippen LogP contribution in [0.1, 0.15) is 45.4 Å². The number of para-hydroxylation sites is 1. The summed E-state index contributed by atoms with van der Waals surface area (Å²) in [7, 11) is 0. The van der Waals surface area contributed by atoms with Crippen molar-refractivity contribution in [3.63, 3.8) is 0 Å². The quantitative estimate of drug-likeness (QED) is 0.666. The first-order chi connectivity index (χ1) is 14.1. The lowest BCUT2D eigenvalue weighted by Gasteiger charge is -2.35. The van der Waals surface area contributed by atoms with Crippen LogP contribution in [-0.2, 0) is 4.79 Å². The second-order valence-corrected chi connectivity index (χ2v) is 7.57. The number of amides is 1. The molecule has 1 aliphatic rings. The molecular weight excluding hydrogens is 364 g/mol. The molecule has 3 aromatic rings. The van der Waals surface area contributed by atoms with Crippen molar-refractivity contribution in [3.05, 3.63) is 42.4 Å². The summed E-state index contributed by atoms with van der Waals surface area (Å²) in [6.07, 6.45) is 3.39. The van der Waals surface area contributed by atoms with E-state index in [-0.39, 0.29) is 11.8 Å². The van der Waals surface area contributed by atoms with Gasteiger partial charge in [0.15, 0.2) is 5.65 Å². The number of carbonyl (C=O) groups excluding carboxylic acids is 1. The number of hydrogen-bond donors (Lipinski definition) is 0. The van der Waals surface area contributed by atoms with Gasteiger partial charge < -0.3 is 9.80 Å². The van der Waals surface area contributed by atoms with Gasteiger partial charge in [0.1, 0.15) is 11.6 Å². The Balaban J connectivity index is 1.75. The highest BCUT2D eigenvalue weighted by atomic mass is 16.2. The molecular formula is C22H28N6O. The first-order valence-corrected chi connectivity index (χ1v) is 10.5. The predicted molar refractivity (Wildman–Crippen MR) is 114 cm³/mol. The first-order valence-electron chi connectivity index (χ1n) is 10.5. The molecule has 3 heterocycles. The number of carbonyl (C=O) groups is 1. The Bertz CT molecular complexity index is 991. The normalized spacial score (nSPS) is 15.7. The van der Waals surface area contributed by atoms with E-state index in [0.717, 1.165) is 61.0 Å². The number of piperazine rings is 1. The molecule has 1 atom stereocenters. The van der Waals surface area contributed by atoms with E-state index in [1.54, 1.807) is 0 Å². The van der Waals surface area contributed by atoms with Gasteiger partial charge in [-0.05, 0) is 18.6 Å². The Morgan fingerprint density at radius 1 is 1.07 bits per heavy atom. The van der Waals surface area contributed by atoms with Gasteiger partial charge in [-0.1, -0.05) is 39.0 Å². The number of nitrogens with zero attached hydrogens (tertiary/aromatic N) is 6. The van der Waals surface area contributed by atoms with Gasteiger partial charge in [0, 0.05) is 38.5 Å². The summed E-state index contributed by atoms with van der Waals surface area (Å²) in [5.74, 6) is 2.26. The molecule has 29 heavy (non-hydrogen) atoms. The Morgan fingerprint density at radius 3 is 2.45 bits per heavy atom. The molecule has 1 fully saturated rings. The molecule has 0 aliphatic carbocycles. The van der Waals surface area contributed by atoms with E-state index in [0.29, 0.717) is 6.42 Å². The van der Waals surface area contributed by atoms with Crippen LogP contribution in [0, 0.1) is 0 Å². The molecule has 7 nitrogen and oxygen atoms in total. The highest BCUT2D eigenvalue weighted by molar-refractivity contribution is 5.88. The minimum atomic E-state index is 0.217. The molecule has 1 amide bonds. The van der Waals surface area contributed by atoms with Crippen LogP contribution in [0.4, 0.5) is 5.82 Å². The zero-order chi connectivity index (χ0) is 20.4. The summed E-state index contributed by atoms with van der Waals surface area (Å²) in [4.78, 5) is 26.1. The molecule has 1 unspecified atom stereocenters. The van der Waals surface area contributed by atoms with Crippen LogP contribution in [0.5, 0.6) is 0 Å². The van der Waals surface area contributed by atoms with Gasteiger partial charge in [-0.15, -0.1) is 0 Å². The number of aromatic nitrogens is 4. The van der Waals surface area contributed by atoms with Gasteiger partial charge in [-0.2, -0.15) is 5.10 Å². The fraction of sp³-hybridized carbons (Fsp3) is 0.455. The number of rotatable bonds is 5. The molecule has 1 saturated heterocycles. The minimum Gasteiger partial charge on any atom is -0.352 e. The lowest BCUT2D eigenvalue weighted by molar-refractivity contribution is -0.131. The van der Waals surface area contributed by atoms with Crippen molar-refractivity contribution in [2.24, 2.45) is 0 Å². The van der Waals surface area contributed by atoms with Gasteiger partial charge in [-0.25, -0.2) is 14.6 Å². The van der Waals surface area contributed by atoms with Crippen LogP contribution in [0.3, 0.4) is 0 Å². The molecule has 7 heteroatoms. The number of hydrogen-bond acceptors (Lipinski definition) is 5. The maximum atomic E-state index is 12.0. The number of fused-ring (bicyclic) bond motifs is 1. The maximum absolute atomic E-state index is 12.0. The summed E-state index contributed by atoms with van der Waals surface area (Å²) < 4.78 is 1.89. The molecule has 0 saturated carbocycles. The van der Waals surface area contributed by atoms with E-state index >= 15 is 0 Å². The monoisotopic (exact) mass is 392 g/mol. The summed E-state index contributed by atoms with van der Waals surface area (Å²) >= 11 is 0. The highest BCUT2D eigenvalue weighted by Gasteiger charge is 2.25. The third kappa shape index (κ3) is 3.69.